The number of hydrogen-bond donors (Lipinski definition) is 0. The van der Waals surface area contributed by atoms with E-state index in [9.17, 15) is 8.42 Å². The molecule has 1 atom stereocenters. The van der Waals surface area contributed by atoms with E-state index in [4.69, 9.17) is 27.0 Å². The Bertz CT molecular complexity index is 515. The van der Waals surface area contributed by atoms with Gasteiger partial charge in [0.15, 0.2) is 0 Å². The Morgan fingerprint density at radius 3 is 2.63 bits per heavy atom. The molecule has 3 nitrogen and oxygen atoms in total. The first-order valence-corrected chi connectivity index (χ1v) is 8.98. The molecular formula is C13H18Cl2O3S. The summed E-state index contributed by atoms with van der Waals surface area (Å²) < 4.78 is 27.9. The van der Waals surface area contributed by atoms with Gasteiger partial charge in [0, 0.05) is 21.6 Å². The molecule has 0 fully saturated rings. The van der Waals surface area contributed by atoms with E-state index >= 15 is 0 Å². The fourth-order valence-electron chi connectivity index (χ4n) is 1.84. The second kappa shape index (κ2) is 7.36. The van der Waals surface area contributed by atoms with Gasteiger partial charge >= 0.3 is 0 Å². The highest BCUT2D eigenvalue weighted by molar-refractivity contribution is 8.13. The molecular weight excluding hydrogens is 307 g/mol. The van der Waals surface area contributed by atoms with E-state index in [1.807, 2.05) is 19.9 Å². The number of aryl methyl sites for hydroxylation is 1. The average Bonchev–Trinajstić information content (AvgIpc) is 2.28. The Balaban J connectivity index is 2.68. The molecule has 0 bridgehead atoms. The van der Waals surface area contributed by atoms with Crippen molar-refractivity contribution in [2.45, 2.75) is 26.7 Å². The lowest BCUT2D eigenvalue weighted by Gasteiger charge is -2.16. The third kappa shape index (κ3) is 6.50. The monoisotopic (exact) mass is 324 g/mol. The molecule has 0 saturated carbocycles. The fourth-order valence-corrected chi connectivity index (χ4v) is 3.36. The number of benzene rings is 1. The number of hydrogen-bond acceptors (Lipinski definition) is 3. The molecule has 0 spiro atoms. The van der Waals surface area contributed by atoms with Crippen molar-refractivity contribution < 1.29 is 13.2 Å². The molecule has 1 unspecified atom stereocenters. The van der Waals surface area contributed by atoms with Crippen LogP contribution in [0.2, 0.25) is 5.02 Å². The second-order valence-electron chi connectivity index (χ2n) is 4.58. The molecule has 0 aliphatic heterocycles. The number of ether oxygens (including phenoxy) is 1. The standard InChI is InChI=1S/C13H18Cl2O3S/c1-3-4-11(9-19(15,16)17)8-18-13-7-12(14)6-5-10(13)2/h5-7,11H,3-4,8-9H2,1-2H3. The van der Waals surface area contributed by atoms with Gasteiger partial charge in [-0.3, -0.25) is 0 Å². The van der Waals surface area contributed by atoms with E-state index in [0.29, 0.717) is 17.4 Å². The van der Waals surface area contributed by atoms with Crippen LogP contribution in [0.25, 0.3) is 0 Å². The molecule has 0 aliphatic carbocycles. The van der Waals surface area contributed by atoms with Crippen molar-refractivity contribution in [1.29, 1.82) is 0 Å². The second-order valence-corrected chi connectivity index (χ2v) is 7.84. The lowest BCUT2D eigenvalue weighted by Crippen LogP contribution is -2.19. The van der Waals surface area contributed by atoms with E-state index in [1.165, 1.54) is 0 Å². The molecule has 0 N–H and O–H groups in total. The predicted octanol–water partition coefficient (Wildman–Crippen LogP) is 4.01. The summed E-state index contributed by atoms with van der Waals surface area (Å²) in [6, 6.07) is 5.39. The van der Waals surface area contributed by atoms with Crippen LogP contribution in [0.4, 0.5) is 0 Å². The van der Waals surface area contributed by atoms with E-state index in [-0.39, 0.29) is 11.7 Å². The fraction of sp³-hybridized carbons (Fsp3) is 0.538. The zero-order valence-corrected chi connectivity index (χ0v) is 13.4. The van der Waals surface area contributed by atoms with Gasteiger partial charge in [0.1, 0.15) is 5.75 Å². The summed E-state index contributed by atoms with van der Waals surface area (Å²) in [5.74, 6) is 0.508. The zero-order valence-electron chi connectivity index (χ0n) is 11.0. The molecule has 0 saturated heterocycles. The quantitative estimate of drug-likeness (QED) is 0.711. The van der Waals surface area contributed by atoms with Crippen molar-refractivity contribution in [2.75, 3.05) is 12.4 Å². The van der Waals surface area contributed by atoms with E-state index < -0.39 is 9.05 Å². The molecule has 0 aliphatic rings. The summed E-state index contributed by atoms with van der Waals surface area (Å²) in [5, 5.41) is 0.595. The summed E-state index contributed by atoms with van der Waals surface area (Å²) in [6.07, 6.45) is 1.64. The van der Waals surface area contributed by atoms with Gasteiger partial charge in [-0.2, -0.15) is 0 Å². The first-order chi connectivity index (χ1) is 8.81. The maximum atomic E-state index is 11.1. The predicted molar refractivity (Wildman–Crippen MR) is 79.7 cm³/mol. The van der Waals surface area contributed by atoms with E-state index in [0.717, 1.165) is 18.4 Å². The number of rotatable bonds is 7. The van der Waals surface area contributed by atoms with Gasteiger partial charge in [-0.05, 0) is 31.0 Å². The lowest BCUT2D eigenvalue weighted by molar-refractivity contribution is 0.251. The Morgan fingerprint density at radius 1 is 1.37 bits per heavy atom. The zero-order chi connectivity index (χ0) is 14.5. The summed E-state index contributed by atoms with van der Waals surface area (Å²) in [4.78, 5) is 0. The Labute approximate surface area is 124 Å². The van der Waals surface area contributed by atoms with Crippen molar-refractivity contribution >= 4 is 31.3 Å². The highest BCUT2D eigenvalue weighted by Crippen LogP contribution is 2.24. The van der Waals surface area contributed by atoms with Crippen LogP contribution < -0.4 is 4.74 Å². The van der Waals surface area contributed by atoms with Crippen molar-refractivity contribution in [3.8, 4) is 5.75 Å². The molecule has 1 rings (SSSR count). The highest BCUT2D eigenvalue weighted by Gasteiger charge is 2.17. The van der Waals surface area contributed by atoms with Crippen molar-refractivity contribution in [3.05, 3.63) is 28.8 Å². The molecule has 6 heteroatoms. The molecule has 19 heavy (non-hydrogen) atoms. The summed E-state index contributed by atoms with van der Waals surface area (Å²) >= 11 is 5.90. The van der Waals surface area contributed by atoms with Gasteiger partial charge in [-0.15, -0.1) is 0 Å². The van der Waals surface area contributed by atoms with Crippen LogP contribution in [-0.2, 0) is 9.05 Å². The number of halogens is 2. The van der Waals surface area contributed by atoms with Gasteiger partial charge < -0.3 is 4.74 Å². The molecule has 108 valence electrons. The SMILES string of the molecule is CCCC(COc1cc(Cl)ccc1C)CS(=O)(=O)Cl. The van der Waals surface area contributed by atoms with Gasteiger partial charge in [0.05, 0.1) is 12.4 Å². The van der Waals surface area contributed by atoms with Crippen LogP contribution in [-0.4, -0.2) is 20.8 Å². The maximum Gasteiger partial charge on any atom is 0.232 e. The summed E-state index contributed by atoms with van der Waals surface area (Å²) in [7, 11) is 1.80. The largest absolute Gasteiger partial charge is 0.493 e. The van der Waals surface area contributed by atoms with Crippen LogP contribution in [0.3, 0.4) is 0 Å². The molecule has 0 aromatic heterocycles. The van der Waals surface area contributed by atoms with Crippen molar-refractivity contribution in [3.63, 3.8) is 0 Å². The van der Waals surface area contributed by atoms with Gasteiger partial charge in [-0.1, -0.05) is 31.0 Å². The van der Waals surface area contributed by atoms with Crippen molar-refractivity contribution in [2.24, 2.45) is 5.92 Å². The minimum atomic E-state index is -3.50. The van der Waals surface area contributed by atoms with Gasteiger partial charge in [0.25, 0.3) is 0 Å². The third-order valence-electron chi connectivity index (χ3n) is 2.76. The Morgan fingerprint density at radius 2 is 2.05 bits per heavy atom. The average molecular weight is 325 g/mol. The maximum absolute atomic E-state index is 11.1. The third-order valence-corrected chi connectivity index (χ3v) is 4.24. The Hall–Kier alpha value is -0.450. The molecule has 0 amide bonds. The van der Waals surface area contributed by atoms with E-state index in [2.05, 4.69) is 0 Å². The normalized spacial score (nSPS) is 13.3. The van der Waals surface area contributed by atoms with Crippen LogP contribution in [0.5, 0.6) is 5.75 Å². The minimum Gasteiger partial charge on any atom is -0.493 e. The van der Waals surface area contributed by atoms with Crippen LogP contribution in [0.15, 0.2) is 18.2 Å². The van der Waals surface area contributed by atoms with Crippen LogP contribution in [0.1, 0.15) is 25.3 Å². The highest BCUT2D eigenvalue weighted by atomic mass is 35.7. The van der Waals surface area contributed by atoms with E-state index in [1.54, 1.807) is 12.1 Å². The summed E-state index contributed by atoms with van der Waals surface area (Å²) in [6.45, 7) is 4.23. The molecule has 0 heterocycles. The van der Waals surface area contributed by atoms with Gasteiger partial charge in [0.2, 0.25) is 9.05 Å². The first kappa shape index (κ1) is 16.6. The molecule has 1 aromatic carbocycles. The smallest absolute Gasteiger partial charge is 0.232 e. The first-order valence-electron chi connectivity index (χ1n) is 6.13. The Kier molecular flexibility index (Phi) is 6.43. The topological polar surface area (TPSA) is 43.4 Å². The van der Waals surface area contributed by atoms with Crippen molar-refractivity contribution in [1.82, 2.24) is 0 Å². The molecule has 0 radical (unpaired) electrons. The van der Waals surface area contributed by atoms with Gasteiger partial charge in [-0.25, -0.2) is 8.42 Å². The van der Waals surface area contributed by atoms with Crippen LogP contribution >= 0.6 is 22.3 Å². The molecule has 1 aromatic rings. The van der Waals surface area contributed by atoms with Crippen LogP contribution in [0, 0.1) is 12.8 Å². The lowest BCUT2D eigenvalue weighted by atomic mass is 10.1. The summed E-state index contributed by atoms with van der Waals surface area (Å²) in [5.41, 5.74) is 0.966. The minimum absolute atomic E-state index is 0.0675.